The van der Waals surface area contributed by atoms with Crippen molar-refractivity contribution in [2.24, 2.45) is 0 Å². The number of pyridine rings is 1. The summed E-state index contributed by atoms with van der Waals surface area (Å²) < 4.78 is 20.2. The van der Waals surface area contributed by atoms with E-state index < -0.39 is 6.17 Å². The maximum absolute atomic E-state index is 14.6. The first-order valence-electron chi connectivity index (χ1n) is 5.91. The van der Waals surface area contributed by atoms with E-state index in [4.69, 9.17) is 4.74 Å². The van der Waals surface area contributed by atoms with Crippen LogP contribution in [-0.4, -0.2) is 11.6 Å². The average Bonchev–Trinajstić information content (AvgIpc) is 2.73. The van der Waals surface area contributed by atoms with Crippen molar-refractivity contribution >= 4 is 11.1 Å². The second-order valence-electron chi connectivity index (χ2n) is 4.48. The van der Waals surface area contributed by atoms with Crippen molar-refractivity contribution in [3.63, 3.8) is 0 Å². The van der Waals surface area contributed by atoms with Gasteiger partial charge in [0.05, 0.1) is 0 Å². The molecule has 2 heterocycles. The van der Waals surface area contributed by atoms with Crippen LogP contribution in [0.3, 0.4) is 0 Å². The molecule has 2 nitrogen and oxygen atoms in total. The van der Waals surface area contributed by atoms with Crippen LogP contribution in [0.2, 0.25) is 0 Å². The van der Waals surface area contributed by atoms with Gasteiger partial charge in [-0.25, -0.2) is 4.39 Å². The first-order valence-corrected chi connectivity index (χ1v) is 5.91. The van der Waals surface area contributed by atoms with Gasteiger partial charge in [-0.2, -0.15) is 0 Å². The van der Waals surface area contributed by atoms with E-state index in [1.165, 1.54) is 0 Å². The van der Waals surface area contributed by atoms with Gasteiger partial charge in [-0.1, -0.05) is 24.3 Å². The summed E-state index contributed by atoms with van der Waals surface area (Å²) in [5.74, 6) is 0.673. The number of rotatable bonds is 0. The SMILES string of the molecule is FC1C2=C(COc3cccnc32)c2ccccc21. The number of hydrogen-bond donors (Lipinski definition) is 0. The van der Waals surface area contributed by atoms with Crippen molar-refractivity contribution in [3.8, 4) is 5.75 Å². The Labute approximate surface area is 104 Å². The molecular formula is C15H10FNO. The Hall–Kier alpha value is -2.16. The highest BCUT2D eigenvalue weighted by atomic mass is 19.1. The zero-order valence-electron chi connectivity index (χ0n) is 9.56. The van der Waals surface area contributed by atoms with Crippen molar-refractivity contribution in [1.29, 1.82) is 0 Å². The fourth-order valence-corrected chi connectivity index (χ4v) is 2.72. The van der Waals surface area contributed by atoms with Crippen molar-refractivity contribution in [2.75, 3.05) is 6.61 Å². The molecule has 1 aliphatic carbocycles. The molecule has 0 bridgehead atoms. The lowest BCUT2D eigenvalue weighted by molar-refractivity contribution is 0.358. The standard InChI is InChI=1S/C15H10FNO/c16-14-10-5-2-1-4-9(10)11-8-18-12-6-3-7-17-15(12)13(11)14/h1-7,14H,8H2. The number of allylic oxidation sites excluding steroid dienone is 1. The second kappa shape index (κ2) is 3.42. The van der Waals surface area contributed by atoms with E-state index in [1.54, 1.807) is 12.3 Å². The summed E-state index contributed by atoms with van der Waals surface area (Å²) in [6.07, 6.45) is 0.585. The van der Waals surface area contributed by atoms with Crippen LogP contribution in [-0.2, 0) is 0 Å². The molecule has 1 aromatic heterocycles. The third kappa shape index (κ3) is 1.13. The van der Waals surface area contributed by atoms with E-state index in [0.29, 0.717) is 23.6 Å². The summed E-state index contributed by atoms with van der Waals surface area (Å²) >= 11 is 0. The summed E-state index contributed by atoms with van der Waals surface area (Å²) in [6, 6.07) is 11.2. The Morgan fingerprint density at radius 2 is 2.06 bits per heavy atom. The van der Waals surface area contributed by atoms with Crippen LogP contribution in [0.4, 0.5) is 4.39 Å². The maximum Gasteiger partial charge on any atom is 0.153 e. The number of benzene rings is 1. The first kappa shape index (κ1) is 9.83. The Morgan fingerprint density at radius 1 is 1.17 bits per heavy atom. The number of nitrogens with zero attached hydrogens (tertiary/aromatic N) is 1. The Bertz CT molecular complexity index is 678. The zero-order valence-corrected chi connectivity index (χ0v) is 9.56. The van der Waals surface area contributed by atoms with E-state index >= 15 is 0 Å². The summed E-state index contributed by atoms with van der Waals surface area (Å²) in [4.78, 5) is 4.27. The van der Waals surface area contributed by atoms with Crippen LogP contribution < -0.4 is 4.74 Å². The van der Waals surface area contributed by atoms with E-state index in [2.05, 4.69) is 4.98 Å². The Kier molecular flexibility index (Phi) is 1.87. The summed E-state index contributed by atoms with van der Waals surface area (Å²) in [7, 11) is 0. The molecular weight excluding hydrogens is 229 g/mol. The molecule has 0 saturated heterocycles. The van der Waals surface area contributed by atoms with Gasteiger partial charge in [0.15, 0.2) is 6.17 Å². The minimum Gasteiger partial charge on any atom is -0.487 e. The van der Waals surface area contributed by atoms with Crippen LogP contribution in [0.15, 0.2) is 42.6 Å². The van der Waals surface area contributed by atoms with Crippen LogP contribution in [0.1, 0.15) is 23.0 Å². The molecule has 0 saturated carbocycles. The first-order chi connectivity index (χ1) is 8.86. The van der Waals surface area contributed by atoms with Crippen LogP contribution in [0, 0.1) is 0 Å². The fourth-order valence-electron chi connectivity index (χ4n) is 2.72. The fraction of sp³-hybridized carbons (Fsp3) is 0.133. The topological polar surface area (TPSA) is 22.1 Å². The third-order valence-electron chi connectivity index (χ3n) is 3.54. The van der Waals surface area contributed by atoms with Gasteiger partial charge in [0.1, 0.15) is 18.1 Å². The summed E-state index contributed by atoms with van der Waals surface area (Å²) in [5, 5.41) is 0. The lowest BCUT2D eigenvalue weighted by Gasteiger charge is -2.19. The molecule has 1 aliphatic heterocycles. The van der Waals surface area contributed by atoms with Crippen LogP contribution >= 0.6 is 0 Å². The highest BCUT2D eigenvalue weighted by Crippen LogP contribution is 2.51. The summed E-state index contributed by atoms with van der Waals surface area (Å²) in [5.41, 5.74) is 3.94. The van der Waals surface area contributed by atoms with Crippen molar-refractivity contribution < 1.29 is 9.13 Å². The van der Waals surface area contributed by atoms with Gasteiger partial charge in [0.2, 0.25) is 0 Å². The smallest absolute Gasteiger partial charge is 0.153 e. The quantitative estimate of drug-likeness (QED) is 0.702. The highest BCUT2D eigenvalue weighted by Gasteiger charge is 2.36. The van der Waals surface area contributed by atoms with Gasteiger partial charge in [0.25, 0.3) is 0 Å². The normalized spacial score (nSPS) is 19.9. The zero-order chi connectivity index (χ0) is 12.1. The van der Waals surface area contributed by atoms with Crippen LogP contribution in [0.5, 0.6) is 5.75 Å². The minimum atomic E-state index is -1.09. The molecule has 88 valence electrons. The predicted molar refractivity (Wildman–Crippen MR) is 66.8 cm³/mol. The third-order valence-corrected chi connectivity index (χ3v) is 3.54. The molecule has 4 rings (SSSR count). The van der Waals surface area contributed by atoms with Gasteiger partial charge in [-0.15, -0.1) is 0 Å². The number of hydrogen-bond acceptors (Lipinski definition) is 2. The molecule has 1 atom stereocenters. The monoisotopic (exact) mass is 239 g/mol. The summed E-state index contributed by atoms with van der Waals surface area (Å²) in [6.45, 7) is 0.422. The van der Waals surface area contributed by atoms with E-state index in [0.717, 1.165) is 16.7 Å². The van der Waals surface area contributed by atoms with Crippen molar-refractivity contribution in [3.05, 3.63) is 59.4 Å². The number of alkyl halides is 1. The lowest BCUT2D eigenvalue weighted by atomic mass is 10.0. The van der Waals surface area contributed by atoms with E-state index in [-0.39, 0.29) is 0 Å². The molecule has 0 spiro atoms. The molecule has 1 unspecified atom stereocenters. The van der Waals surface area contributed by atoms with Crippen molar-refractivity contribution in [2.45, 2.75) is 6.17 Å². The molecule has 3 heteroatoms. The molecule has 0 amide bonds. The molecule has 1 aromatic carbocycles. The molecule has 2 aromatic rings. The van der Waals surface area contributed by atoms with E-state index in [9.17, 15) is 4.39 Å². The van der Waals surface area contributed by atoms with Gasteiger partial charge in [0, 0.05) is 17.3 Å². The average molecular weight is 239 g/mol. The largest absolute Gasteiger partial charge is 0.487 e. The maximum atomic E-state index is 14.6. The minimum absolute atomic E-state index is 0.422. The highest BCUT2D eigenvalue weighted by molar-refractivity contribution is 6.00. The molecule has 2 aliphatic rings. The number of ether oxygens (including phenoxy) is 1. The lowest BCUT2D eigenvalue weighted by Crippen LogP contribution is -2.09. The van der Waals surface area contributed by atoms with Crippen molar-refractivity contribution in [1.82, 2.24) is 4.98 Å². The van der Waals surface area contributed by atoms with E-state index in [1.807, 2.05) is 30.3 Å². The van der Waals surface area contributed by atoms with Gasteiger partial charge in [-0.05, 0) is 23.3 Å². The van der Waals surface area contributed by atoms with Gasteiger partial charge < -0.3 is 4.74 Å². The Balaban J connectivity index is 2.00. The Morgan fingerprint density at radius 3 is 3.00 bits per heavy atom. The molecule has 0 fully saturated rings. The second-order valence-corrected chi connectivity index (χ2v) is 4.48. The van der Waals surface area contributed by atoms with Gasteiger partial charge >= 0.3 is 0 Å². The number of fused-ring (bicyclic) bond motifs is 4. The number of halogens is 1. The van der Waals surface area contributed by atoms with Gasteiger partial charge in [-0.3, -0.25) is 4.98 Å². The molecule has 0 radical (unpaired) electrons. The predicted octanol–water partition coefficient (Wildman–Crippen LogP) is 3.41. The van der Waals surface area contributed by atoms with Crippen LogP contribution in [0.25, 0.3) is 11.1 Å². The molecule has 0 N–H and O–H groups in total. The number of aromatic nitrogens is 1. The molecule has 18 heavy (non-hydrogen) atoms.